The van der Waals surface area contributed by atoms with Crippen molar-refractivity contribution < 1.29 is 23.1 Å². The maximum Gasteiger partial charge on any atom is 0.320 e. The quantitative estimate of drug-likeness (QED) is 0.737. The van der Waals surface area contributed by atoms with Crippen molar-refractivity contribution in [3.8, 4) is 0 Å². The first kappa shape index (κ1) is 19.4. The average molecular weight is 369 g/mol. The van der Waals surface area contributed by atoms with Gasteiger partial charge in [-0.2, -0.15) is 4.31 Å². The number of likely N-dealkylation sites (N-methyl/N-ethyl adjacent to an activating group) is 1. The van der Waals surface area contributed by atoms with Gasteiger partial charge in [0.25, 0.3) is 0 Å². The van der Waals surface area contributed by atoms with Gasteiger partial charge >= 0.3 is 5.97 Å². The summed E-state index contributed by atoms with van der Waals surface area (Å²) in [5.74, 6) is -1.43. The number of carboxylic acid groups (broad SMARTS) is 1. The van der Waals surface area contributed by atoms with Crippen LogP contribution in [0.3, 0.4) is 0 Å². The van der Waals surface area contributed by atoms with Crippen LogP contribution in [0, 0.1) is 0 Å². The summed E-state index contributed by atoms with van der Waals surface area (Å²) in [4.78, 5) is 24.5. The summed E-state index contributed by atoms with van der Waals surface area (Å²) in [6.07, 6.45) is 1.70. The van der Waals surface area contributed by atoms with Gasteiger partial charge in [0, 0.05) is 18.8 Å². The molecule has 0 radical (unpaired) electrons. The fourth-order valence-electron chi connectivity index (χ4n) is 2.56. The third kappa shape index (κ3) is 4.77. The number of carboxylic acids is 1. The molecule has 1 heterocycles. The second-order valence-corrected chi connectivity index (χ2v) is 8.05. The van der Waals surface area contributed by atoms with Gasteiger partial charge in [0.05, 0.1) is 11.4 Å². The van der Waals surface area contributed by atoms with Crippen molar-refractivity contribution in [2.45, 2.75) is 30.7 Å². The molecule has 1 fully saturated rings. The number of anilines is 1. The molecule has 0 spiro atoms. The number of hydrogen-bond acceptors (Lipinski definition) is 5. The lowest BCUT2D eigenvalue weighted by Crippen LogP contribution is -2.40. The Morgan fingerprint density at radius 1 is 1.32 bits per heavy atom. The third-order valence-corrected chi connectivity index (χ3v) is 6.13. The summed E-state index contributed by atoms with van der Waals surface area (Å²) in [7, 11) is -2.02. The van der Waals surface area contributed by atoms with Gasteiger partial charge in [-0.15, -0.1) is 0 Å². The molecule has 2 rings (SSSR count). The van der Waals surface area contributed by atoms with E-state index >= 15 is 0 Å². The van der Waals surface area contributed by atoms with Crippen LogP contribution in [-0.4, -0.2) is 67.3 Å². The Labute approximate surface area is 147 Å². The number of carbonyl (C=O) groups is 2. The zero-order chi connectivity index (χ0) is 18.6. The minimum Gasteiger partial charge on any atom is -0.480 e. The molecule has 0 bridgehead atoms. The number of rotatable bonds is 7. The highest BCUT2D eigenvalue weighted by atomic mass is 32.2. The van der Waals surface area contributed by atoms with Crippen molar-refractivity contribution in [1.29, 1.82) is 0 Å². The third-order valence-electron chi connectivity index (χ3n) is 4.23. The highest BCUT2D eigenvalue weighted by molar-refractivity contribution is 7.89. The predicted octanol–water partition coefficient (Wildman–Crippen LogP) is 0.815. The van der Waals surface area contributed by atoms with E-state index < -0.39 is 27.9 Å². The van der Waals surface area contributed by atoms with Crippen LogP contribution in [0.15, 0.2) is 29.2 Å². The Balaban J connectivity index is 2.06. The molecule has 1 unspecified atom stereocenters. The highest BCUT2D eigenvalue weighted by Crippen LogP contribution is 2.23. The lowest BCUT2D eigenvalue weighted by molar-refractivity contribution is -0.142. The van der Waals surface area contributed by atoms with Crippen LogP contribution in [-0.2, 0) is 19.6 Å². The Bertz CT molecular complexity index is 744. The molecule has 1 aromatic carbocycles. The molecular formula is C16H23N3O5S. The standard InChI is InChI=1S/C16H23N3O5S/c1-12(16(21)22)18(2)11-15(20)17-13-6-5-7-14(10-13)25(23,24)19-8-3-4-9-19/h5-7,10,12H,3-4,8-9,11H2,1-2H3,(H,17,20)(H,21,22). The number of hydrogen-bond donors (Lipinski definition) is 2. The number of aliphatic carboxylic acids is 1. The van der Waals surface area contributed by atoms with Gasteiger partial charge in [-0.3, -0.25) is 14.5 Å². The maximum atomic E-state index is 12.6. The molecule has 138 valence electrons. The summed E-state index contributed by atoms with van der Waals surface area (Å²) in [6.45, 7) is 2.39. The van der Waals surface area contributed by atoms with Gasteiger partial charge in [0.1, 0.15) is 6.04 Å². The first-order valence-electron chi connectivity index (χ1n) is 8.05. The number of nitrogens with one attached hydrogen (secondary N) is 1. The van der Waals surface area contributed by atoms with E-state index in [4.69, 9.17) is 5.11 Å². The topological polar surface area (TPSA) is 107 Å². The molecule has 1 saturated heterocycles. The van der Waals surface area contributed by atoms with Crippen LogP contribution in [0.1, 0.15) is 19.8 Å². The van der Waals surface area contributed by atoms with E-state index in [2.05, 4.69) is 5.32 Å². The molecule has 2 N–H and O–H groups in total. The first-order chi connectivity index (χ1) is 11.7. The maximum absolute atomic E-state index is 12.6. The summed E-state index contributed by atoms with van der Waals surface area (Å²) < 4.78 is 26.5. The minimum absolute atomic E-state index is 0.115. The Hall–Kier alpha value is -1.97. The van der Waals surface area contributed by atoms with Crippen molar-refractivity contribution in [2.24, 2.45) is 0 Å². The summed E-state index contributed by atoms with van der Waals surface area (Å²) in [6, 6.07) is 5.30. The molecule has 1 amide bonds. The first-order valence-corrected chi connectivity index (χ1v) is 9.49. The Morgan fingerprint density at radius 3 is 2.56 bits per heavy atom. The van der Waals surface area contributed by atoms with Gasteiger partial charge in [-0.05, 0) is 45.0 Å². The number of benzene rings is 1. The predicted molar refractivity (Wildman–Crippen MR) is 92.8 cm³/mol. The Morgan fingerprint density at radius 2 is 1.96 bits per heavy atom. The number of carbonyl (C=O) groups excluding carboxylic acids is 1. The lowest BCUT2D eigenvalue weighted by atomic mass is 10.3. The van der Waals surface area contributed by atoms with Gasteiger partial charge < -0.3 is 10.4 Å². The van der Waals surface area contributed by atoms with Crippen LogP contribution in [0.4, 0.5) is 5.69 Å². The zero-order valence-electron chi connectivity index (χ0n) is 14.3. The Kier molecular flexibility index (Phi) is 6.15. The normalized spacial score (nSPS) is 16.8. The molecule has 0 aromatic heterocycles. The van der Waals surface area contributed by atoms with Crippen molar-refractivity contribution in [3.63, 3.8) is 0 Å². The van der Waals surface area contributed by atoms with E-state index in [0.29, 0.717) is 18.8 Å². The van der Waals surface area contributed by atoms with Crippen LogP contribution >= 0.6 is 0 Å². The van der Waals surface area contributed by atoms with E-state index in [1.54, 1.807) is 12.1 Å². The largest absolute Gasteiger partial charge is 0.480 e. The van der Waals surface area contributed by atoms with E-state index in [0.717, 1.165) is 12.8 Å². The minimum atomic E-state index is -3.55. The van der Waals surface area contributed by atoms with Crippen LogP contribution in [0.25, 0.3) is 0 Å². The molecule has 8 nitrogen and oxygen atoms in total. The van der Waals surface area contributed by atoms with Crippen LogP contribution in [0.5, 0.6) is 0 Å². The van der Waals surface area contributed by atoms with Crippen LogP contribution in [0.2, 0.25) is 0 Å². The highest BCUT2D eigenvalue weighted by Gasteiger charge is 2.27. The van der Waals surface area contributed by atoms with Crippen molar-refractivity contribution in [1.82, 2.24) is 9.21 Å². The molecule has 25 heavy (non-hydrogen) atoms. The lowest BCUT2D eigenvalue weighted by Gasteiger charge is -2.20. The molecule has 9 heteroatoms. The molecule has 1 aromatic rings. The van der Waals surface area contributed by atoms with Gasteiger partial charge in [0.15, 0.2) is 0 Å². The zero-order valence-corrected chi connectivity index (χ0v) is 15.1. The van der Waals surface area contributed by atoms with Crippen molar-refractivity contribution in [2.75, 3.05) is 32.0 Å². The van der Waals surface area contributed by atoms with Crippen molar-refractivity contribution >= 4 is 27.6 Å². The van der Waals surface area contributed by atoms with Gasteiger partial charge in [-0.1, -0.05) is 6.07 Å². The molecule has 0 aliphatic carbocycles. The second kappa shape index (κ2) is 7.94. The molecular weight excluding hydrogens is 346 g/mol. The summed E-state index contributed by atoms with van der Waals surface area (Å²) in [5.41, 5.74) is 0.363. The number of amides is 1. The summed E-state index contributed by atoms with van der Waals surface area (Å²) >= 11 is 0. The van der Waals surface area contributed by atoms with E-state index in [1.807, 2.05) is 0 Å². The summed E-state index contributed by atoms with van der Waals surface area (Å²) in [5, 5.41) is 11.6. The number of sulfonamides is 1. The fraction of sp³-hybridized carbons (Fsp3) is 0.500. The SMILES string of the molecule is CC(C(=O)O)N(C)CC(=O)Nc1cccc(S(=O)(=O)N2CCCC2)c1. The second-order valence-electron chi connectivity index (χ2n) is 6.12. The average Bonchev–Trinajstić information content (AvgIpc) is 3.09. The van der Waals surface area contributed by atoms with E-state index in [-0.39, 0.29) is 11.4 Å². The molecule has 1 aliphatic rings. The molecule has 0 saturated carbocycles. The van der Waals surface area contributed by atoms with Gasteiger partial charge in [0.2, 0.25) is 15.9 Å². The fourth-order valence-corrected chi connectivity index (χ4v) is 4.13. The van der Waals surface area contributed by atoms with Crippen molar-refractivity contribution in [3.05, 3.63) is 24.3 Å². The van der Waals surface area contributed by atoms with Gasteiger partial charge in [-0.25, -0.2) is 8.42 Å². The molecule has 1 aliphatic heterocycles. The van der Waals surface area contributed by atoms with E-state index in [9.17, 15) is 18.0 Å². The monoisotopic (exact) mass is 369 g/mol. The smallest absolute Gasteiger partial charge is 0.320 e. The molecule has 1 atom stereocenters. The number of nitrogens with zero attached hydrogens (tertiary/aromatic N) is 2. The van der Waals surface area contributed by atoms with Crippen LogP contribution < -0.4 is 5.32 Å². The van der Waals surface area contributed by atoms with E-state index in [1.165, 1.54) is 35.3 Å².